The molecule has 0 N–H and O–H groups in total. The van der Waals surface area contributed by atoms with E-state index in [1.54, 1.807) is 0 Å². The van der Waals surface area contributed by atoms with E-state index in [4.69, 9.17) is 9.40 Å². The third-order valence-electron chi connectivity index (χ3n) is 4.10. The molecule has 0 unspecified atom stereocenters. The van der Waals surface area contributed by atoms with Gasteiger partial charge in [0, 0.05) is 27.7 Å². The lowest BCUT2D eigenvalue weighted by atomic mass is 10.0. The lowest BCUT2D eigenvalue weighted by molar-refractivity contribution is 0.672. The van der Waals surface area contributed by atoms with E-state index in [-0.39, 0.29) is 0 Å². The molecule has 2 heteroatoms. The van der Waals surface area contributed by atoms with Crippen LogP contribution in [0.4, 0.5) is 0 Å². The second-order valence-corrected chi connectivity index (χ2v) is 5.28. The molecule has 0 amide bonds. The molecule has 2 heterocycles. The Morgan fingerprint density at radius 2 is 1.48 bits per heavy atom. The van der Waals surface area contributed by atoms with Gasteiger partial charge in [-0.1, -0.05) is 48.5 Å². The predicted octanol–water partition coefficient (Wildman–Crippen LogP) is 5.29. The Morgan fingerprint density at radius 1 is 0.667 bits per heavy atom. The smallest absolute Gasteiger partial charge is 0.146 e. The van der Waals surface area contributed by atoms with Crippen LogP contribution in [-0.2, 0) is 0 Å². The molecule has 0 spiro atoms. The van der Waals surface area contributed by atoms with Crippen LogP contribution in [0.3, 0.4) is 0 Å². The molecule has 0 fully saturated rings. The van der Waals surface area contributed by atoms with Crippen LogP contribution in [0.1, 0.15) is 0 Å². The van der Waals surface area contributed by atoms with Gasteiger partial charge in [0.2, 0.25) is 0 Å². The van der Waals surface area contributed by atoms with Crippen LogP contribution in [0.5, 0.6) is 0 Å². The number of hydrogen-bond acceptors (Lipinski definition) is 2. The maximum absolute atomic E-state index is 6.07. The van der Waals surface area contributed by atoms with E-state index in [0.717, 1.165) is 38.2 Å². The zero-order chi connectivity index (χ0) is 13.8. The van der Waals surface area contributed by atoms with E-state index in [1.807, 2.05) is 36.5 Å². The van der Waals surface area contributed by atoms with Crippen LogP contribution in [0.2, 0.25) is 0 Å². The highest BCUT2D eigenvalue weighted by Gasteiger charge is 2.11. The van der Waals surface area contributed by atoms with Crippen molar-refractivity contribution in [2.45, 2.75) is 0 Å². The fourth-order valence-corrected chi connectivity index (χ4v) is 3.10. The van der Waals surface area contributed by atoms with Crippen LogP contribution in [0, 0.1) is 0 Å². The third-order valence-corrected chi connectivity index (χ3v) is 4.10. The summed E-state index contributed by atoms with van der Waals surface area (Å²) in [7, 11) is 0. The van der Waals surface area contributed by atoms with Crippen molar-refractivity contribution in [1.82, 2.24) is 4.98 Å². The highest BCUT2D eigenvalue weighted by molar-refractivity contribution is 6.18. The molecule has 2 aromatic heterocycles. The van der Waals surface area contributed by atoms with E-state index in [2.05, 4.69) is 30.3 Å². The van der Waals surface area contributed by atoms with Crippen LogP contribution < -0.4 is 0 Å². The molecule has 0 radical (unpaired) electrons. The summed E-state index contributed by atoms with van der Waals surface area (Å²) < 4.78 is 6.07. The first-order valence-electron chi connectivity index (χ1n) is 6.99. The number of aromatic nitrogens is 1. The van der Waals surface area contributed by atoms with E-state index in [9.17, 15) is 0 Å². The van der Waals surface area contributed by atoms with Crippen molar-refractivity contribution in [2.24, 2.45) is 0 Å². The zero-order valence-corrected chi connectivity index (χ0v) is 11.2. The standard InChI is InChI=1S/C19H11NO/c1-2-6-13-12(5-1)9-10-15-18(13)20-11-16-14-7-3-4-8-17(14)21-19(15)16/h1-11H. The Bertz CT molecular complexity index is 1140. The summed E-state index contributed by atoms with van der Waals surface area (Å²) in [5.41, 5.74) is 2.83. The van der Waals surface area contributed by atoms with Crippen molar-refractivity contribution in [3.8, 4) is 0 Å². The molecule has 0 saturated heterocycles. The first-order valence-corrected chi connectivity index (χ1v) is 6.99. The minimum Gasteiger partial charge on any atom is -0.455 e. The van der Waals surface area contributed by atoms with Crippen LogP contribution in [0.15, 0.2) is 71.3 Å². The van der Waals surface area contributed by atoms with Crippen molar-refractivity contribution in [1.29, 1.82) is 0 Å². The Morgan fingerprint density at radius 3 is 2.43 bits per heavy atom. The normalized spacial score (nSPS) is 11.8. The summed E-state index contributed by atoms with van der Waals surface area (Å²) in [5.74, 6) is 0. The highest BCUT2D eigenvalue weighted by atomic mass is 16.3. The molecule has 0 aliphatic carbocycles. The van der Waals surface area contributed by atoms with Gasteiger partial charge in [0.15, 0.2) is 0 Å². The van der Waals surface area contributed by atoms with Crippen LogP contribution in [0.25, 0.3) is 43.6 Å². The van der Waals surface area contributed by atoms with E-state index >= 15 is 0 Å². The van der Waals surface area contributed by atoms with Gasteiger partial charge in [-0.05, 0) is 17.5 Å². The van der Waals surface area contributed by atoms with E-state index < -0.39 is 0 Å². The maximum Gasteiger partial charge on any atom is 0.146 e. The summed E-state index contributed by atoms with van der Waals surface area (Å²) in [6.07, 6.45) is 1.93. The van der Waals surface area contributed by atoms with Crippen molar-refractivity contribution in [3.63, 3.8) is 0 Å². The van der Waals surface area contributed by atoms with Gasteiger partial charge in [0.25, 0.3) is 0 Å². The first kappa shape index (κ1) is 10.9. The fraction of sp³-hybridized carbons (Fsp3) is 0. The predicted molar refractivity (Wildman–Crippen MR) is 86.5 cm³/mol. The van der Waals surface area contributed by atoms with Gasteiger partial charge in [-0.25, -0.2) is 0 Å². The number of para-hydroxylation sites is 1. The first-order chi connectivity index (χ1) is 10.4. The molecule has 5 rings (SSSR count). The molecule has 0 atom stereocenters. The lowest BCUT2D eigenvalue weighted by Gasteiger charge is -2.03. The maximum atomic E-state index is 6.07. The van der Waals surface area contributed by atoms with Crippen molar-refractivity contribution in [2.75, 3.05) is 0 Å². The van der Waals surface area contributed by atoms with Crippen molar-refractivity contribution in [3.05, 3.63) is 66.9 Å². The molecule has 98 valence electrons. The van der Waals surface area contributed by atoms with E-state index in [1.165, 1.54) is 5.39 Å². The summed E-state index contributed by atoms with van der Waals surface area (Å²) in [4.78, 5) is 4.70. The SMILES string of the molecule is c1ccc2c(c1)ccc1c2ncc2c3ccccc3oc21. The Labute approximate surface area is 120 Å². The molecule has 5 aromatic rings. The molecule has 3 aromatic carbocycles. The second-order valence-electron chi connectivity index (χ2n) is 5.28. The van der Waals surface area contributed by atoms with Crippen molar-refractivity contribution < 1.29 is 4.42 Å². The van der Waals surface area contributed by atoms with Crippen LogP contribution >= 0.6 is 0 Å². The number of furan rings is 1. The Balaban J connectivity index is 2.07. The fourth-order valence-electron chi connectivity index (χ4n) is 3.10. The molecule has 0 aliphatic heterocycles. The summed E-state index contributed by atoms with van der Waals surface area (Å²) in [6.45, 7) is 0. The number of hydrogen-bond donors (Lipinski definition) is 0. The van der Waals surface area contributed by atoms with Gasteiger partial charge in [0.05, 0.1) is 5.52 Å². The minimum atomic E-state index is 0.912. The van der Waals surface area contributed by atoms with Gasteiger partial charge >= 0.3 is 0 Å². The van der Waals surface area contributed by atoms with Crippen LogP contribution in [-0.4, -0.2) is 4.98 Å². The number of rotatable bonds is 0. The second kappa shape index (κ2) is 3.83. The van der Waals surface area contributed by atoms with Crippen molar-refractivity contribution >= 4 is 43.6 Å². The number of fused-ring (bicyclic) bond motifs is 7. The van der Waals surface area contributed by atoms with Gasteiger partial charge in [-0.3, -0.25) is 4.98 Å². The molecular weight excluding hydrogens is 258 g/mol. The Hall–Kier alpha value is -2.87. The monoisotopic (exact) mass is 269 g/mol. The van der Waals surface area contributed by atoms with Gasteiger partial charge in [-0.2, -0.15) is 0 Å². The lowest BCUT2D eigenvalue weighted by Crippen LogP contribution is -1.82. The topological polar surface area (TPSA) is 26.0 Å². The minimum absolute atomic E-state index is 0.912. The molecule has 0 bridgehead atoms. The zero-order valence-electron chi connectivity index (χ0n) is 11.2. The largest absolute Gasteiger partial charge is 0.455 e. The van der Waals surface area contributed by atoms with Gasteiger partial charge in [0.1, 0.15) is 11.2 Å². The average Bonchev–Trinajstić information content (AvgIpc) is 2.93. The number of benzene rings is 3. The number of nitrogens with zero attached hydrogens (tertiary/aromatic N) is 1. The quantitative estimate of drug-likeness (QED) is 0.357. The van der Waals surface area contributed by atoms with E-state index in [0.29, 0.717) is 0 Å². The van der Waals surface area contributed by atoms with Gasteiger partial charge in [-0.15, -0.1) is 0 Å². The molecular formula is C19H11NO. The highest BCUT2D eigenvalue weighted by Crippen LogP contribution is 2.34. The molecule has 0 aliphatic rings. The summed E-state index contributed by atoms with van der Waals surface area (Å²) in [6, 6.07) is 20.7. The average molecular weight is 269 g/mol. The molecule has 0 saturated carbocycles. The van der Waals surface area contributed by atoms with Gasteiger partial charge < -0.3 is 4.42 Å². The summed E-state index contributed by atoms with van der Waals surface area (Å²) in [5, 5.41) is 5.64. The summed E-state index contributed by atoms with van der Waals surface area (Å²) >= 11 is 0. The Kier molecular flexibility index (Phi) is 1.98. The molecule has 2 nitrogen and oxygen atoms in total. The number of pyridine rings is 1. The molecule has 21 heavy (non-hydrogen) atoms. The third kappa shape index (κ3) is 1.39.